The topological polar surface area (TPSA) is 29.6 Å². The van der Waals surface area contributed by atoms with Crippen LogP contribution in [0.5, 0.6) is 0 Å². The first-order valence-electron chi connectivity index (χ1n) is 5.49. The monoisotopic (exact) mass is 184 g/mol. The van der Waals surface area contributed by atoms with Crippen molar-refractivity contribution in [2.75, 3.05) is 0 Å². The second kappa shape index (κ2) is 6.14. The first kappa shape index (κ1) is 10.7. The summed E-state index contributed by atoms with van der Waals surface area (Å²) >= 11 is 0. The first-order valence-corrected chi connectivity index (χ1v) is 5.49. The van der Waals surface area contributed by atoms with Crippen LogP contribution in [-0.2, 0) is 9.53 Å². The summed E-state index contributed by atoms with van der Waals surface area (Å²) in [7, 11) is 0. The number of ether oxygens (including phenoxy) is 1. The van der Waals surface area contributed by atoms with Crippen molar-refractivity contribution < 1.29 is 9.53 Å². The Hall–Kier alpha value is -0.370. The molecule has 0 aromatic heterocycles. The van der Waals surface area contributed by atoms with E-state index in [9.17, 15) is 4.79 Å². The van der Waals surface area contributed by atoms with Crippen LogP contribution in [0.15, 0.2) is 0 Å². The van der Waals surface area contributed by atoms with Crippen molar-refractivity contribution in [1.29, 1.82) is 0 Å². The predicted octanol–water partition coefficient (Wildman–Crippen LogP) is 2.70. The van der Waals surface area contributed by atoms with Crippen LogP contribution in [0.1, 0.15) is 51.9 Å². The van der Waals surface area contributed by atoms with Crippen LogP contribution in [0.3, 0.4) is 0 Å². The summed E-state index contributed by atoms with van der Waals surface area (Å²) in [5, 5.41) is 0. The Balaban J connectivity index is 1.77. The Bertz CT molecular complexity index is 145. The van der Waals surface area contributed by atoms with E-state index in [4.69, 9.17) is 4.74 Å². The van der Waals surface area contributed by atoms with E-state index in [1.807, 2.05) is 0 Å². The molecular formula is C11H20O2. The molecule has 1 rings (SSSR count). The predicted molar refractivity (Wildman–Crippen MR) is 52.7 cm³/mol. The number of epoxide rings is 1. The van der Waals surface area contributed by atoms with Gasteiger partial charge in [0.2, 0.25) is 0 Å². The van der Waals surface area contributed by atoms with E-state index in [-0.39, 0.29) is 12.2 Å². The average molecular weight is 184 g/mol. The van der Waals surface area contributed by atoms with E-state index in [1.165, 1.54) is 38.5 Å². The van der Waals surface area contributed by atoms with Crippen molar-refractivity contribution in [1.82, 2.24) is 0 Å². The summed E-state index contributed by atoms with van der Waals surface area (Å²) in [6.07, 6.45) is 10.1. The summed E-state index contributed by atoms with van der Waals surface area (Å²) in [4.78, 5) is 10.2. The summed E-state index contributed by atoms with van der Waals surface area (Å²) in [6, 6.07) is 0. The molecule has 0 radical (unpaired) electrons. The maximum atomic E-state index is 10.2. The van der Waals surface area contributed by atoms with E-state index >= 15 is 0 Å². The summed E-state index contributed by atoms with van der Waals surface area (Å²) in [6.45, 7) is 2.23. The Morgan fingerprint density at radius 2 is 1.85 bits per heavy atom. The lowest BCUT2D eigenvalue weighted by atomic mass is 10.1. The average Bonchev–Trinajstić information content (AvgIpc) is 2.90. The minimum atomic E-state index is -0.0596. The van der Waals surface area contributed by atoms with Gasteiger partial charge >= 0.3 is 0 Å². The van der Waals surface area contributed by atoms with Crippen molar-refractivity contribution in [3.05, 3.63) is 0 Å². The molecule has 0 amide bonds. The second-order valence-corrected chi connectivity index (χ2v) is 3.83. The van der Waals surface area contributed by atoms with E-state index in [0.717, 1.165) is 12.7 Å². The van der Waals surface area contributed by atoms with Gasteiger partial charge in [0.25, 0.3) is 0 Å². The van der Waals surface area contributed by atoms with Crippen LogP contribution in [0, 0.1) is 0 Å². The van der Waals surface area contributed by atoms with E-state index in [0.29, 0.717) is 0 Å². The molecule has 2 atom stereocenters. The third-order valence-electron chi connectivity index (χ3n) is 2.60. The number of carbonyl (C=O) groups excluding carboxylic acids is 1. The summed E-state index contributed by atoms with van der Waals surface area (Å²) in [5.41, 5.74) is 0. The van der Waals surface area contributed by atoms with Crippen molar-refractivity contribution in [2.24, 2.45) is 0 Å². The molecule has 2 heteroatoms. The number of hydrogen-bond acceptors (Lipinski definition) is 2. The molecule has 0 spiro atoms. The summed E-state index contributed by atoms with van der Waals surface area (Å²) < 4.78 is 5.13. The molecule has 0 saturated carbocycles. The number of carbonyl (C=O) groups is 1. The van der Waals surface area contributed by atoms with Gasteiger partial charge in [0.1, 0.15) is 6.10 Å². The molecule has 0 unspecified atom stereocenters. The molecule has 13 heavy (non-hydrogen) atoms. The fourth-order valence-corrected chi connectivity index (χ4v) is 1.63. The lowest BCUT2D eigenvalue weighted by Gasteiger charge is -1.97. The highest BCUT2D eigenvalue weighted by atomic mass is 16.6. The van der Waals surface area contributed by atoms with Crippen LogP contribution in [-0.4, -0.2) is 18.5 Å². The molecule has 2 nitrogen and oxygen atoms in total. The molecule has 0 aromatic rings. The zero-order valence-corrected chi connectivity index (χ0v) is 8.50. The molecule has 0 N–H and O–H groups in total. The molecular weight excluding hydrogens is 164 g/mol. The number of unbranched alkanes of at least 4 members (excludes halogenated alkanes) is 5. The van der Waals surface area contributed by atoms with Gasteiger partial charge in [-0.1, -0.05) is 45.4 Å². The molecule has 0 aromatic carbocycles. The Morgan fingerprint density at radius 3 is 2.46 bits per heavy atom. The van der Waals surface area contributed by atoms with Crippen LogP contribution in [0.4, 0.5) is 0 Å². The minimum Gasteiger partial charge on any atom is -0.362 e. The van der Waals surface area contributed by atoms with E-state index < -0.39 is 0 Å². The maximum Gasteiger partial charge on any atom is 0.151 e. The van der Waals surface area contributed by atoms with Crippen LogP contribution in [0.25, 0.3) is 0 Å². The number of aldehydes is 1. The van der Waals surface area contributed by atoms with Crippen molar-refractivity contribution >= 4 is 6.29 Å². The highest BCUT2D eigenvalue weighted by Gasteiger charge is 2.37. The molecule has 1 saturated heterocycles. The number of hydrogen-bond donors (Lipinski definition) is 0. The Labute approximate surface area is 80.7 Å². The molecule has 1 aliphatic rings. The Morgan fingerprint density at radius 1 is 1.15 bits per heavy atom. The normalized spacial score (nSPS) is 25.9. The van der Waals surface area contributed by atoms with Crippen molar-refractivity contribution in [3.8, 4) is 0 Å². The van der Waals surface area contributed by atoms with Gasteiger partial charge in [0, 0.05) is 0 Å². The molecule has 0 aliphatic carbocycles. The highest BCUT2D eigenvalue weighted by molar-refractivity contribution is 5.60. The van der Waals surface area contributed by atoms with Gasteiger partial charge in [-0.2, -0.15) is 0 Å². The third-order valence-corrected chi connectivity index (χ3v) is 2.60. The van der Waals surface area contributed by atoms with Gasteiger partial charge in [0.15, 0.2) is 6.29 Å². The minimum absolute atomic E-state index is 0.0596. The molecule has 1 heterocycles. The number of rotatable bonds is 8. The lowest BCUT2D eigenvalue weighted by Crippen LogP contribution is -1.94. The maximum absolute atomic E-state index is 10.2. The second-order valence-electron chi connectivity index (χ2n) is 3.83. The van der Waals surface area contributed by atoms with Crippen LogP contribution < -0.4 is 0 Å². The van der Waals surface area contributed by atoms with Gasteiger partial charge in [-0.25, -0.2) is 0 Å². The van der Waals surface area contributed by atoms with Gasteiger partial charge < -0.3 is 9.53 Å². The zero-order valence-electron chi connectivity index (χ0n) is 8.50. The van der Waals surface area contributed by atoms with Gasteiger partial charge in [-0.05, 0) is 6.42 Å². The summed E-state index contributed by atoms with van der Waals surface area (Å²) in [5.74, 6) is 0. The standard InChI is InChI=1S/C11H20O2/c1-2-3-4-5-6-7-8-10-11(9-12)13-10/h9-11H,2-8H2,1H3/t10-,11-/m1/s1. The van der Waals surface area contributed by atoms with E-state index in [1.54, 1.807) is 0 Å². The fourth-order valence-electron chi connectivity index (χ4n) is 1.63. The molecule has 76 valence electrons. The van der Waals surface area contributed by atoms with Crippen LogP contribution >= 0.6 is 0 Å². The quantitative estimate of drug-likeness (QED) is 0.330. The lowest BCUT2D eigenvalue weighted by molar-refractivity contribution is -0.108. The SMILES string of the molecule is CCCCCCCC[C@H]1O[C@@H]1C=O. The van der Waals surface area contributed by atoms with Gasteiger partial charge in [-0.15, -0.1) is 0 Å². The molecule has 0 bridgehead atoms. The first-order chi connectivity index (χ1) is 6.38. The van der Waals surface area contributed by atoms with Gasteiger partial charge in [0.05, 0.1) is 6.10 Å². The third kappa shape index (κ3) is 4.41. The van der Waals surface area contributed by atoms with Crippen molar-refractivity contribution in [2.45, 2.75) is 64.1 Å². The largest absolute Gasteiger partial charge is 0.362 e. The highest BCUT2D eigenvalue weighted by Crippen LogP contribution is 2.25. The molecule has 1 aliphatic heterocycles. The van der Waals surface area contributed by atoms with E-state index in [2.05, 4.69) is 6.92 Å². The van der Waals surface area contributed by atoms with Crippen LogP contribution in [0.2, 0.25) is 0 Å². The van der Waals surface area contributed by atoms with Gasteiger partial charge in [-0.3, -0.25) is 0 Å². The molecule has 1 fully saturated rings. The van der Waals surface area contributed by atoms with Crippen molar-refractivity contribution in [3.63, 3.8) is 0 Å². The fraction of sp³-hybridized carbons (Fsp3) is 0.909. The smallest absolute Gasteiger partial charge is 0.151 e. The zero-order chi connectivity index (χ0) is 9.52. The Kier molecular flexibility index (Phi) is 5.06.